The number of alkyl halides is 3. The molecule has 100 valence electrons. The van der Waals surface area contributed by atoms with Crippen molar-refractivity contribution in [3.63, 3.8) is 0 Å². The van der Waals surface area contributed by atoms with Crippen LogP contribution in [-0.2, 0) is 0 Å². The van der Waals surface area contributed by atoms with Crippen LogP contribution in [0, 0.1) is 11.6 Å². The molecule has 1 rings (SSSR count). The van der Waals surface area contributed by atoms with Crippen molar-refractivity contribution in [3.05, 3.63) is 35.4 Å². The van der Waals surface area contributed by atoms with Crippen molar-refractivity contribution in [3.8, 4) is 0 Å². The lowest BCUT2D eigenvalue weighted by atomic mass is 10.2. The molecule has 1 aromatic carbocycles. The molecule has 0 heterocycles. The van der Waals surface area contributed by atoms with Gasteiger partial charge in [0.15, 0.2) is 6.10 Å². The minimum Gasteiger partial charge on any atom is -0.382 e. The first-order valence-corrected chi connectivity index (χ1v) is 4.69. The van der Waals surface area contributed by atoms with Gasteiger partial charge in [0.2, 0.25) is 0 Å². The van der Waals surface area contributed by atoms with Gasteiger partial charge in [0.25, 0.3) is 5.91 Å². The molecule has 8 heteroatoms. The fraction of sp³-hybridized carbons (Fsp3) is 0.300. The van der Waals surface area contributed by atoms with Crippen LogP contribution in [0.4, 0.5) is 22.0 Å². The van der Waals surface area contributed by atoms with Gasteiger partial charge in [-0.1, -0.05) is 0 Å². The van der Waals surface area contributed by atoms with Gasteiger partial charge in [-0.3, -0.25) is 4.79 Å². The molecule has 18 heavy (non-hydrogen) atoms. The standard InChI is InChI=1S/C10H8F5NO2/c11-6-1-5(2-7(12)3-6)9(18)16-4-8(17)10(13,14)15/h1-3,8,17H,4H2,(H,16,18). The molecule has 1 aromatic rings. The minimum atomic E-state index is -4.87. The monoisotopic (exact) mass is 269 g/mol. The minimum absolute atomic E-state index is 0.470. The predicted molar refractivity (Wildman–Crippen MR) is 50.8 cm³/mol. The highest BCUT2D eigenvalue weighted by molar-refractivity contribution is 5.94. The molecule has 0 aliphatic rings. The van der Waals surface area contributed by atoms with E-state index in [-0.39, 0.29) is 0 Å². The summed E-state index contributed by atoms with van der Waals surface area (Å²) in [5, 5.41) is 10.3. The number of carbonyl (C=O) groups excluding carboxylic acids is 1. The first kappa shape index (κ1) is 14.4. The van der Waals surface area contributed by atoms with Crippen molar-refractivity contribution >= 4 is 5.91 Å². The third kappa shape index (κ3) is 3.95. The van der Waals surface area contributed by atoms with Gasteiger partial charge in [0, 0.05) is 11.6 Å². The zero-order valence-corrected chi connectivity index (χ0v) is 8.76. The van der Waals surface area contributed by atoms with Crippen molar-refractivity contribution in [2.24, 2.45) is 0 Å². The normalized spacial score (nSPS) is 13.2. The molecule has 0 aliphatic carbocycles. The molecule has 0 aliphatic heterocycles. The van der Waals surface area contributed by atoms with Gasteiger partial charge in [0.05, 0.1) is 6.54 Å². The number of aliphatic hydroxyl groups excluding tert-OH is 1. The summed E-state index contributed by atoms with van der Waals surface area (Å²) in [4.78, 5) is 11.3. The van der Waals surface area contributed by atoms with Crippen LogP contribution < -0.4 is 5.32 Å². The number of hydrogen-bond donors (Lipinski definition) is 2. The van der Waals surface area contributed by atoms with Crippen molar-refractivity contribution in [1.82, 2.24) is 5.32 Å². The molecule has 1 amide bonds. The molecule has 0 saturated heterocycles. The number of amides is 1. The Labute approximate surface area is 98.2 Å². The summed E-state index contributed by atoms with van der Waals surface area (Å²) in [5.41, 5.74) is -0.470. The Bertz CT molecular complexity index is 426. The van der Waals surface area contributed by atoms with E-state index in [0.717, 1.165) is 0 Å². The summed E-state index contributed by atoms with van der Waals surface area (Å²) < 4.78 is 61.2. The highest BCUT2D eigenvalue weighted by Crippen LogP contribution is 2.19. The zero-order valence-electron chi connectivity index (χ0n) is 8.76. The van der Waals surface area contributed by atoms with Crippen LogP contribution in [0.5, 0.6) is 0 Å². The summed E-state index contributed by atoms with van der Waals surface area (Å²) in [6.45, 7) is -1.10. The average molecular weight is 269 g/mol. The first-order valence-electron chi connectivity index (χ1n) is 4.69. The van der Waals surface area contributed by atoms with Crippen LogP contribution in [0.3, 0.4) is 0 Å². The molecule has 0 saturated carbocycles. The van der Waals surface area contributed by atoms with Gasteiger partial charge in [-0.15, -0.1) is 0 Å². The lowest BCUT2D eigenvalue weighted by molar-refractivity contribution is -0.201. The fourth-order valence-electron chi connectivity index (χ4n) is 1.09. The second-order valence-corrected chi connectivity index (χ2v) is 3.43. The number of halogens is 5. The van der Waals surface area contributed by atoms with Crippen LogP contribution in [-0.4, -0.2) is 29.8 Å². The number of aliphatic hydroxyl groups is 1. The summed E-state index contributed by atoms with van der Waals surface area (Å²) in [5.74, 6) is -3.18. The highest BCUT2D eigenvalue weighted by atomic mass is 19.4. The molecule has 1 unspecified atom stereocenters. The maximum Gasteiger partial charge on any atom is 0.416 e. The Morgan fingerprint density at radius 1 is 1.22 bits per heavy atom. The van der Waals surface area contributed by atoms with Gasteiger partial charge in [0.1, 0.15) is 11.6 Å². The van der Waals surface area contributed by atoms with Crippen molar-refractivity contribution < 1.29 is 31.9 Å². The van der Waals surface area contributed by atoms with Gasteiger partial charge in [-0.25, -0.2) is 8.78 Å². The molecule has 0 fully saturated rings. The highest BCUT2D eigenvalue weighted by Gasteiger charge is 2.38. The van der Waals surface area contributed by atoms with E-state index in [9.17, 15) is 26.7 Å². The summed E-state index contributed by atoms with van der Waals surface area (Å²) >= 11 is 0. The molecular weight excluding hydrogens is 261 g/mol. The number of rotatable bonds is 3. The van der Waals surface area contributed by atoms with E-state index in [2.05, 4.69) is 0 Å². The van der Waals surface area contributed by atoms with Crippen LogP contribution in [0.25, 0.3) is 0 Å². The summed E-state index contributed by atoms with van der Waals surface area (Å²) in [6.07, 6.45) is -7.61. The van der Waals surface area contributed by atoms with Crippen molar-refractivity contribution in [2.75, 3.05) is 6.54 Å². The number of nitrogens with one attached hydrogen (secondary N) is 1. The van der Waals surface area contributed by atoms with E-state index in [1.165, 1.54) is 0 Å². The Hall–Kier alpha value is -1.70. The second-order valence-electron chi connectivity index (χ2n) is 3.43. The number of carbonyl (C=O) groups is 1. The lowest BCUT2D eigenvalue weighted by Crippen LogP contribution is -2.40. The molecule has 2 N–H and O–H groups in total. The average Bonchev–Trinajstić information content (AvgIpc) is 2.22. The van der Waals surface area contributed by atoms with Crippen molar-refractivity contribution in [1.29, 1.82) is 0 Å². The first-order chi connectivity index (χ1) is 8.20. The Balaban J connectivity index is 2.66. The maximum absolute atomic E-state index is 12.7. The molecule has 1 atom stereocenters. The van der Waals surface area contributed by atoms with E-state index in [4.69, 9.17) is 5.11 Å². The van der Waals surface area contributed by atoms with Crippen LogP contribution >= 0.6 is 0 Å². The molecule has 0 spiro atoms. The third-order valence-corrected chi connectivity index (χ3v) is 1.96. The zero-order chi connectivity index (χ0) is 13.9. The van der Waals surface area contributed by atoms with E-state index in [0.29, 0.717) is 18.2 Å². The van der Waals surface area contributed by atoms with Gasteiger partial charge in [-0.05, 0) is 12.1 Å². The number of benzene rings is 1. The quantitative estimate of drug-likeness (QED) is 0.819. The van der Waals surface area contributed by atoms with Crippen LogP contribution in [0.1, 0.15) is 10.4 Å². The van der Waals surface area contributed by atoms with Crippen LogP contribution in [0.2, 0.25) is 0 Å². The summed E-state index contributed by atoms with van der Waals surface area (Å²) in [7, 11) is 0. The smallest absolute Gasteiger partial charge is 0.382 e. The Kier molecular flexibility index (Phi) is 4.23. The Morgan fingerprint density at radius 2 is 1.72 bits per heavy atom. The Morgan fingerprint density at radius 3 is 2.17 bits per heavy atom. The predicted octanol–water partition coefficient (Wildman–Crippen LogP) is 1.62. The van der Waals surface area contributed by atoms with Gasteiger partial charge < -0.3 is 10.4 Å². The molecular formula is C10H8F5NO2. The van der Waals surface area contributed by atoms with Crippen LogP contribution in [0.15, 0.2) is 18.2 Å². The topological polar surface area (TPSA) is 49.3 Å². The largest absolute Gasteiger partial charge is 0.416 e. The van der Waals surface area contributed by atoms with Crippen molar-refractivity contribution in [2.45, 2.75) is 12.3 Å². The van der Waals surface area contributed by atoms with Gasteiger partial charge >= 0.3 is 6.18 Å². The SMILES string of the molecule is O=C(NCC(O)C(F)(F)F)c1cc(F)cc(F)c1. The maximum atomic E-state index is 12.7. The van der Waals surface area contributed by atoms with E-state index in [1.54, 1.807) is 5.32 Å². The second kappa shape index (κ2) is 5.30. The lowest BCUT2D eigenvalue weighted by Gasteiger charge is -2.15. The summed E-state index contributed by atoms with van der Waals surface area (Å²) in [6, 6.07) is 1.85. The molecule has 0 bridgehead atoms. The fourth-order valence-corrected chi connectivity index (χ4v) is 1.09. The molecule has 0 radical (unpaired) electrons. The van der Waals surface area contributed by atoms with Gasteiger partial charge in [-0.2, -0.15) is 13.2 Å². The van der Waals surface area contributed by atoms with E-state index >= 15 is 0 Å². The molecule has 0 aromatic heterocycles. The molecule has 3 nitrogen and oxygen atoms in total. The number of hydrogen-bond acceptors (Lipinski definition) is 2. The third-order valence-electron chi connectivity index (χ3n) is 1.96. The van der Waals surface area contributed by atoms with E-state index < -0.39 is 41.9 Å². The van der Waals surface area contributed by atoms with E-state index in [1.807, 2.05) is 0 Å².